The third-order valence-electron chi connectivity index (χ3n) is 2.69. The number of carbonyl (C=O) groups excluding carboxylic acids is 1. The van der Waals surface area contributed by atoms with Gasteiger partial charge < -0.3 is 4.42 Å². The van der Waals surface area contributed by atoms with Crippen LogP contribution in [0.2, 0.25) is 0 Å². The van der Waals surface area contributed by atoms with Gasteiger partial charge in [-0.1, -0.05) is 17.7 Å². The van der Waals surface area contributed by atoms with Crippen molar-refractivity contribution < 1.29 is 9.21 Å². The minimum absolute atomic E-state index is 0.348. The zero-order valence-electron chi connectivity index (χ0n) is 9.98. The van der Waals surface area contributed by atoms with Gasteiger partial charge in [0.25, 0.3) is 5.91 Å². The molecule has 0 aliphatic heterocycles. The summed E-state index contributed by atoms with van der Waals surface area (Å²) in [6.45, 7) is 5.69. The van der Waals surface area contributed by atoms with Crippen molar-refractivity contribution in [1.29, 1.82) is 0 Å². The molecule has 0 radical (unpaired) electrons. The van der Waals surface area contributed by atoms with E-state index in [1.54, 1.807) is 0 Å². The summed E-state index contributed by atoms with van der Waals surface area (Å²) in [7, 11) is 0. The molecular weight excluding hydrogens is 218 g/mol. The van der Waals surface area contributed by atoms with E-state index >= 15 is 0 Å². The highest BCUT2D eigenvalue weighted by Crippen LogP contribution is 2.17. The first-order valence-corrected chi connectivity index (χ1v) is 5.29. The maximum atomic E-state index is 12.2. The van der Waals surface area contributed by atoms with Crippen LogP contribution in [-0.4, -0.2) is 10.5 Å². The van der Waals surface area contributed by atoms with Crippen LogP contribution >= 0.6 is 0 Å². The molecule has 0 saturated carbocycles. The van der Waals surface area contributed by atoms with E-state index in [1.165, 1.54) is 12.5 Å². The molecule has 0 aliphatic carbocycles. The maximum absolute atomic E-state index is 12.2. The van der Waals surface area contributed by atoms with Gasteiger partial charge in [-0.2, -0.15) is 0 Å². The number of rotatable bonds is 1. The SMILES string of the molecule is Cc1cc(C)c(C(=O)n2ccoc2=O)c(C)c1. The topological polar surface area (TPSA) is 52.2 Å². The summed E-state index contributed by atoms with van der Waals surface area (Å²) >= 11 is 0. The lowest BCUT2D eigenvalue weighted by atomic mass is 9.99. The van der Waals surface area contributed by atoms with E-state index in [0.29, 0.717) is 5.56 Å². The number of aryl methyl sites for hydroxylation is 3. The Hall–Kier alpha value is -2.10. The number of aromatic nitrogens is 1. The zero-order chi connectivity index (χ0) is 12.6. The second kappa shape index (κ2) is 4.05. The van der Waals surface area contributed by atoms with Crippen LogP contribution in [0.3, 0.4) is 0 Å². The molecular formula is C13H13NO3. The molecule has 0 bridgehead atoms. The van der Waals surface area contributed by atoms with Gasteiger partial charge in [-0.15, -0.1) is 0 Å². The van der Waals surface area contributed by atoms with Gasteiger partial charge in [0.2, 0.25) is 0 Å². The van der Waals surface area contributed by atoms with Crippen molar-refractivity contribution >= 4 is 5.91 Å². The Bertz CT molecular complexity index is 611. The fourth-order valence-corrected chi connectivity index (χ4v) is 2.06. The minimum atomic E-state index is -0.658. The number of hydrogen-bond acceptors (Lipinski definition) is 3. The van der Waals surface area contributed by atoms with E-state index in [0.717, 1.165) is 21.3 Å². The van der Waals surface area contributed by atoms with E-state index in [1.807, 2.05) is 32.9 Å². The van der Waals surface area contributed by atoms with Crippen molar-refractivity contribution in [2.75, 3.05) is 0 Å². The molecule has 1 aromatic carbocycles. The van der Waals surface area contributed by atoms with Crippen molar-refractivity contribution in [1.82, 2.24) is 4.57 Å². The summed E-state index contributed by atoms with van der Waals surface area (Å²) in [5.74, 6) is -1.01. The maximum Gasteiger partial charge on any atom is 0.426 e. The van der Waals surface area contributed by atoms with Crippen LogP contribution in [-0.2, 0) is 0 Å². The Morgan fingerprint density at radius 1 is 1.18 bits per heavy atom. The van der Waals surface area contributed by atoms with E-state index in [9.17, 15) is 9.59 Å². The first-order chi connectivity index (χ1) is 8.00. The quantitative estimate of drug-likeness (QED) is 0.754. The Kier molecular flexibility index (Phi) is 2.71. The van der Waals surface area contributed by atoms with Gasteiger partial charge in [-0.3, -0.25) is 4.79 Å². The molecule has 1 heterocycles. The molecule has 1 aromatic heterocycles. The van der Waals surface area contributed by atoms with Gasteiger partial charge in [-0.05, 0) is 31.9 Å². The van der Waals surface area contributed by atoms with E-state index in [-0.39, 0.29) is 5.91 Å². The van der Waals surface area contributed by atoms with Crippen molar-refractivity contribution in [3.05, 3.63) is 57.4 Å². The highest BCUT2D eigenvalue weighted by molar-refractivity contribution is 5.98. The number of nitrogens with zero attached hydrogens (tertiary/aromatic N) is 1. The molecule has 17 heavy (non-hydrogen) atoms. The van der Waals surface area contributed by atoms with Crippen molar-refractivity contribution in [2.45, 2.75) is 20.8 Å². The van der Waals surface area contributed by atoms with Crippen LogP contribution in [0.25, 0.3) is 0 Å². The fourth-order valence-electron chi connectivity index (χ4n) is 2.06. The normalized spacial score (nSPS) is 10.5. The summed E-state index contributed by atoms with van der Waals surface area (Å²) in [6, 6.07) is 3.84. The van der Waals surface area contributed by atoms with Crippen molar-refractivity contribution in [2.24, 2.45) is 0 Å². The number of hydrogen-bond donors (Lipinski definition) is 0. The van der Waals surface area contributed by atoms with Crippen LogP contribution in [0.15, 0.2) is 33.8 Å². The third kappa shape index (κ3) is 1.93. The number of carbonyl (C=O) groups is 1. The van der Waals surface area contributed by atoms with Crippen LogP contribution in [0.4, 0.5) is 0 Å². The fraction of sp³-hybridized carbons (Fsp3) is 0.231. The van der Waals surface area contributed by atoms with Crippen LogP contribution in [0.1, 0.15) is 27.0 Å². The lowest BCUT2D eigenvalue weighted by molar-refractivity contribution is 0.0951. The summed E-state index contributed by atoms with van der Waals surface area (Å²) in [4.78, 5) is 23.5. The largest absolute Gasteiger partial charge is 0.426 e. The Morgan fingerprint density at radius 3 is 2.24 bits per heavy atom. The first-order valence-electron chi connectivity index (χ1n) is 5.29. The third-order valence-corrected chi connectivity index (χ3v) is 2.69. The molecule has 0 fully saturated rings. The predicted molar refractivity (Wildman–Crippen MR) is 63.3 cm³/mol. The second-order valence-corrected chi connectivity index (χ2v) is 4.12. The van der Waals surface area contributed by atoms with E-state index in [4.69, 9.17) is 0 Å². The van der Waals surface area contributed by atoms with E-state index in [2.05, 4.69) is 4.42 Å². The minimum Gasteiger partial charge on any atom is -0.416 e. The second-order valence-electron chi connectivity index (χ2n) is 4.12. The van der Waals surface area contributed by atoms with Gasteiger partial charge in [-0.25, -0.2) is 9.36 Å². The van der Waals surface area contributed by atoms with Gasteiger partial charge in [0.1, 0.15) is 6.26 Å². The lowest BCUT2D eigenvalue weighted by Crippen LogP contribution is -2.24. The molecule has 0 aliphatic rings. The van der Waals surface area contributed by atoms with E-state index < -0.39 is 5.76 Å². The zero-order valence-corrected chi connectivity index (χ0v) is 9.98. The molecule has 4 nitrogen and oxygen atoms in total. The molecule has 0 spiro atoms. The van der Waals surface area contributed by atoms with Crippen LogP contribution in [0, 0.1) is 20.8 Å². The predicted octanol–water partition coefficient (Wildman–Crippen LogP) is 2.06. The summed E-state index contributed by atoms with van der Waals surface area (Å²) in [6.07, 6.45) is 2.54. The molecule has 0 amide bonds. The molecule has 2 rings (SSSR count). The summed E-state index contributed by atoms with van der Waals surface area (Å²) < 4.78 is 5.57. The molecule has 0 unspecified atom stereocenters. The molecule has 2 aromatic rings. The first kappa shape index (κ1) is 11.4. The van der Waals surface area contributed by atoms with Crippen LogP contribution in [0.5, 0.6) is 0 Å². The highest BCUT2D eigenvalue weighted by atomic mass is 16.4. The Labute approximate surface area is 98.5 Å². The number of benzene rings is 1. The van der Waals surface area contributed by atoms with Gasteiger partial charge in [0.05, 0.1) is 6.20 Å². The summed E-state index contributed by atoms with van der Waals surface area (Å²) in [5, 5.41) is 0. The van der Waals surface area contributed by atoms with Crippen molar-refractivity contribution in [3.63, 3.8) is 0 Å². The molecule has 88 valence electrons. The smallest absolute Gasteiger partial charge is 0.416 e. The van der Waals surface area contributed by atoms with Gasteiger partial charge in [0.15, 0.2) is 0 Å². The molecule has 0 saturated heterocycles. The molecule has 0 N–H and O–H groups in total. The molecule has 0 atom stereocenters. The highest BCUT2D eigenvalue weighted by Gasteiger charge is 2.16. The van der Waals surface area contributed by atoms with Gasteiger partial charge >= 0.3 is 5.76 Å². The molecule has 4 heteroatoms. The average Bonchev–Trinajstić information content (AvgIpc) is 2.62. The average molecular weight is 231 g/mol. The number of oxazole rings is 1. The Balaban J connectivity index is 2.60. The van der Waals surface area contributed by atoms with Crippen molar-refractivity contribution in [3.8, 4) is 0 Å². The summed E-state index contributed by atoms with van der Waals surface area (Å²) in [5.41, 5.74) is 3.37. The van der Waals surface area contributed by atoms with Crippen LogP contribution < -0.4 is 5.76 Å². The monoisotopic (exact) mass is 231 g/mol. The lowest BCUT2D eigenvalue weighted by Gasteiger charge is -2.09. The Morgan fingerprint density at radius 2 is 1.76 bits per heavy atom. The standard InChI is InChI=1S/C13H13NO3/c1-8-6-9(2)11(10(3)7-8)12(15)14-4-5-17-13(14)16/h4-7H,1-3H3. The van der Waals surface area contributed by atoms with Gasteiger partial charge in [0, 0.05) is 5.56 Å².